The fourth-order valence-electron chi connectivity index (χ4n) is 4.16. The topological polar surface area (TPSA) is 81.8 Å². The molecule has 154 valence electrons. The van der Waals surface area contributed by atoms with E-state index >= 15 is 0 Å². The second kappa shape index (κ2) is 9.00. The molecule has 0 aromatic heterocycles. The Hall–Kier alpha value is -2.32. The van der Waals surface area contributed by atoms with Gasteiger partial charge in [-0.3, -0.25) is 19.7 Å². The van der Waals surface area contributed by atoms with Crippen LogP contribution in [0.5, 0.6) is 0 Å². The van der Waals surface area contributed by atoms with Crippen molar-refractivity contribution in [3.63, 3.8) is 0 Å². The van der Waals surface area contributed by atoms with Crippen LogP contribution in [0.25, 0.3) is 6.08 Å². The van der Waals surface area contributed by atoms with E-state index in [0.717, 1.165) is 75.0 Å². The zero-order valence-electron chi connectivity index (χ0n) is 16.4. The van der Waals surface area contributed by atoms with Crippen LogP contribution in [0.1, 0.15) is 24.8 Å². The molecule has 0 saturated carbocycles. The Balaban J connectivity index is 1.47. The summed E-state index contributed by atoms with van der Waals surface area (Å²) in [5, 5.41) is 5.30. The molecular formula is C21H26N4O3S. The highest BCUT2D eigenvalue weighted by Crippen LogP contribution is 2.30. The molecule has 0 bridgehead atoms. The summed E-state index contributed by atoms with van der Waals surface area (Å²) in [7, 11) is 0. The van der Waals surface area contributed by atoms with E-state index in [1.807, 2.05) is 29.2 Å². The van der Waals surface area contributed by atoms with Gasteiger partial charge in [0, 0.05) is 38.4 Å². The Labute approximate surface area is 174 Å². The van der Waals surface area contributed by atoms with Crippen molar-refractivity contribution in [1.82, 2.24) is 15.5 Å². The monoisotopic (exact) mass is 414 g/mol. The fraction of sp³-hybridized carbons (Fsp3) is 0.476. The predicted octanol–water partition coefficient (Wildman–Crippen LogP) is 2.05. The predicted molar refractivity (Wildman–Crippen MR) is 115 cm³/mol. The number of nitrogens with zero attached hydrogens (tertiary/aromatic N) is 2. The summed E-state index contributed by atoms with van der Waals surface area (Å²) in [6, 6.07) is 7.90. The third kappa shape index (κ3) is 4.64. The average Bonchev–Trinajstić information content (AvgIpc) is 2.93. The van der Waals surface area contributed by atoms with Gasteiger partial charge in [0.25, 0.3) is 11.1 Å². The smallest absolute Gasteiger partial charge is 0.290 e. The van der Waals surface area contributed by atoms with Crippen LogP contribution in [0, 0.1) is 5.92 Å². The minimum absolute atomic E-state index is 0.0998. The molecule has 0 radical (unpaired) electrons. The van der Waals surface area contributed by atoms with Gasteiger partial charge in [0.05, 0.1) is 10.8 Å². The van der Waals surface area contributed by atoms with Gasteiger partial charge < -0.3 is 15.1 Å². The van der Waals surface area contributed by atoms with Gasteiger partial charge in [0.1, 0.15) is 0 Å². The first-order valence-electron chi connectivity index (χ1n) is 10.2. The van der Waals surface area contributed by atoms with E-state index in [-0.39, 0.29) is 23.0 Å². The Bertz CT molecular complexity index is 835. The SMILES string of the molecule is O=C1NC(=O)/C(=C/c2ccccc2N2CCCN(C(=O)C3CCCNC3)CC2)S1. The molecule has 1 unspecified atom stereocenters. The molecule has 3 fully saturated rings. The van der Waals surface area contributed by atoms with Crippen molar-refractivity contribution in [2.45, 2.75) is 19.3 Å². The number of rotatable bonds is 3. The molecule has 29 heavy (non-hydrogen) atoms. The van der Waals surface area contributed by atoms with Crippen LogP contribution < -0.4 is 15.5 Å². The van der Waals surface area contributed by atoms with Crippen molar-refractivity contribution < 1.29 is 14.4 Å². The van der Waals surface area contributed by atoms with Crippen LogP contribution in [0.4, 0.5) is 10.5 Å². The summed E-state index contributed by atoms with van der Waals surface area (Å²) < 4.78 is 0. The van der Waals surface area contributed by atoms with E-state index in [2.05, 4.69) is 15.5 Å². The lowest BCUT2D eigenvalue weighted by Crippen LogP contribution is -2.44. The van der Waals surface area contributed by atoms with Gasteiger partial charge in [-0.1, -0.05) is 18.2 Å². The number of thioether (sulfide) groups is 1. The summed E-state index contributed by atoms with van der Waals surface area (Å²) in [6.07, 6.45) is 4.72. The number of piperidine rings is 1. The minimum Gasteiger partial charge on any atom is -0.369 e. The highest BCUT2D eigenvalue weighted by Gasteiger charge is 2.28. The lowest BCUT2D eigenvalue weighted by Gasteiger charge is -2.29. The number of carbonyl (C=O) groups excluding carboxylic acids is 3. The van der Waals surface area contributed by atoms with Gasteiger partial charge in [0.2, 0.25) is 5.91 Å². The molecule has 1 aromatic rings. The first-order valence-corrected chi connectivity index (χ1v) is 11.0. The van der Waals surface area contributed by atoms with Gasteiger partial charge in [-0.2, -0.15) is 0 Å². The van der Waals surface area contributed by atoms with Crippen LogP contribution in [0.15, 0.2) is 29.2 Å². The molecule has 3 aliphatic rings. The van der Waals surface area contributed by atoms with E-state index in [4.69, 9.17) is 0 Å². The van der Waals surface area contributed by atoms with Gasteiger partial charge >= 0.3 is 0 Å². The van der Waals surface area contributed by atoms with Crippen molar-refractivity contribution in [1.29, 1.82) is 0 Å². The van der Waals surface area contributed by atoms with Crippen LogP contribution in [-0.2, 0) is 9.59 Å². The minimum atomic E-state index is -0.344. The average molecular weight is 415 g/mol. The summed E-state index contributed by atoms with van der Waals surface area (Å²) in [5.41, 5.74) is 1.94. The maximum atomic E-state index is 12.9. The van der Waals surface area contributed by atoms with Crippen molar-refractivity contribution in [3.8, 4) is 0 Å². The lowest BCUT2D eigenvalue weighted by atomic mass is 9.98. The molecule has 3 amide bonds. The Kier molecular flexibility index (Phi) is 6.20. The Morgan fingerprint density at radius 3 is 2.72 bits per heavy atom. The summed E-state index contributed by atoms with van der Waals surface area (Å²) in [6.45, 7) is 4.88. The molecule has 4 rings (SSSR count). The number of amides is 3. The number of benzene rings is 1. The molecule has 2 N–H and O–H groups in total. The zero-order valence-corrected chi connectivity index (χ0v) is 17.2. The van der Waals surface area contributed by atoms with Crippen molar-refractivity contribution in [3.05, 3.63) is 34.7 Å². The van der Waals surface area contributed by atoms with Crippen LogP contribution in [0.3, 0.4) is 0 Å². The van der Waals surface area contributed by atoms with E-state index in [9.17, 15) is 14.4 Å². The molecule has 1 atom stereocenters. The number of carbonyl (C=O) groups is 3. The number of para-hydroxylation sites is 1. The molecule has 3 heterocycles. The maximum absolute atomic E-state index is 12.9. The number of nitrogens with one attached hydrogen (secondary N) is 2. The second-order valence-corrected chi connectivity index (χ2v) is 8.63. The highest BCUT2D eigenvalue weighted by molar-refractivity contribution is 8.18. The molecular weight excluding hydrogens is 388 g/mol. The first-order chi connectivity index (χ1) is 14.1. The van der Waals surface area contributed by atoms with Crippen LogP contribution >= 0.6 is 11.8 Å². The molecule has 1 aromatic carbocycles. The number of hydrogen-bond acceptors (Lipinski definition) is 6. The van der Waals surface area contributed by atoms with Crippen LogP contribution in [-0.4, -0.2) is 61.2 Å². The lowest BCUT2D eigenvalue weighted by molar-refractivity contribution is -0.135. The van der Waals surface area contributed by atoms with E-state index in [1.54, 1.807) is 6.08 Å². The quantitative estimate of drug-likeness (QED) is 0.737. The molecule has 0 spiro atoms. The van der Waals surface area contributed by atoms with E-state index in [0.29, 0.717) is 11.4 Å². The largest absolute Gasteiger partial charge is 0.369 e. The van der Waals surface area contributed by atoms with Crippen molar-refractivity contribution >= 4 is 40.6 Å². The number of imide groups is 1. The molecule has 3 saturated heterocycles. The Morgan fingerprint density at radius 1 is 1.10 bits per heavy atom. The van der Waals surface area contributed by atoms with Crippen molar-refractivity contribution in [2.24, 2.45) is 5.92 Å². The van der Waals surface area contributed by atoms with Gasteiger partial charge in [-0.15, -0.1) is 0 Å². The highest BCUT2D eigenvalue weighted by atomic mass is 32.2. The van der Waals surface area contributed by atoms with Gasteiger partial charge in [-0.25, -0.2) is 0 Å². The third-order valence-electron chi connectivity index (χ3n) is 5.66. The van der Waals surface area contributed by atoms with Crippen LogP contribution in [0.2, 0.25) is 0 Å². The normalized spacial score (nSPS) is 24.6. The third-order valence-corrected chi connectivity index (χ3v) is 6.47. The molecule has 8 heteroatoms. The first kappa shape index (κ1) is 20.0. The van der Waals surface area contributed by atoms with Gasteiger partial charge in [-0.05, 0) is 55.3 Å². The second-order valence-electron chi connectivity index (χ2n) is 7.62. The van der Waals surface area contributed by atoms with E-state index in [1.165, 1.54) is 0 Å². The van der Waals surface area contributed by atoms with E-state index < -0.39 is 0 Å². The molecule has 0 aliphatic carbocycles. The summed E-state index contributed by atoms with van der Waals surface area (Å²) in [5.74, 6) is 0.0262. The zero-order chi connectivity index (χ0) is 20.2. The summed E-state index contributed by atoms with van der Waals surface area (Å²) >= 11 is 0.932. The molecule has 3 aliphatic heterocycles. The standard InChI is InChI=1S/C21H26N4O3S/c26-19-18(29-21(28)23-19)13-15-5-1-2-7-17(15)24-9-4-10-25(12-11-24)20(27)16-6-3-8-22-14-16/h1-2,5,7,13,16,22H,3-4,6,8-12,14H2,(H,23,26,28)/b18-13-. The number of anilines is 1. The van der Waals surface area contributed by atoms with Crippen molar-refractivity contribution in [2.75, 3.05) is 44.2 Å². The van der Waals surface area contributed by atoms with Gasteiger partial charge in [0.15, 0.2) is 0 Å². The Morgan fingerprint density at radius 2 is 1.97 bits per heavy atom. The fourth-order valence-corrected chi connectivity index (χ4v) is 4.83. The summed E-state index contributed by atoms with van der Waals surface area (Å²) in [4.78, 5) is 41.0. The number of hydrogen-bond donors (Lipinski definition) is 2. The maximum Gasteiger partial charge on any atom is 0.290 e. The molecule has 7 nitrogen and oxygen atoms in total.